The molecule has 0 radical (unpaired) electrons. The van der Waals surface area contributed by atoms with Gasteiger partial charge in [0.05, 0.1) is 6.10 Å². The molecule has 0 atom stereocenters. The van der Waals surface area contributed by atoms with Gasteiger partial charge in [0.1, 0.15) is 16.3 Å². The van der Waals surface area contributed by atoms with Crippen LogP contribution in [-0.2, 0) is 4.74 Å². The first-order valence-electron chi connectivity index (χ1n) is 7.26. The van der Waals surface area contributed by atoms with E-state index in [1.165, 1.54) is 11.3 Å². The summed E-state index contributed by atoms with van der Waals surface area (Å²) in [6, 6.07) is 9.52. The molecular weight excluding hydrogens is 312 g/mol. The third kappa shape index (κ3) is 2.66. The lowest BCUT2D eigenvalue weighted by Crippen LogP contribution is -2.11. The van der Waals surface area contributed by atoms with Crippen molar-refractivity contribution in [2.24, 2.45) is 0 Å². The van der Waals surface area contributed by atoms with Crippen LogP contribution in [0.1, 0.15) is 39.7 Å². The van der Waals surface area contributed by atoms with Gasteiger partial charge in [0.25, 0.3) is 0 Å². The van der Waals surface area contributed by atoms with E-state index in [2.05, 4.69) is 4.98 Å². The summed E-state index contributed by atoms with van der Waals surface area (Å²) in [7, 11) is 0. The van der Waals surface area contributed by atoms with Crippen LogP contribution in [0.5, 0.6) is 0 Å². The van der Waals surface area contributed by atoms with Crippen molar-refractivity contribution >= 4 is 28.6 Å². The Morgan fingerprint density at radius 1 is 1.30 bits per heavy atom. The highest BCUT2D eigenvalue weighted by Crippen LogP contribution is 2.30. The summed E-state index contributed by atoms with van der Waals surface area (Å²) in [5.41, 5.74) is 2.62. The second-order valence-electron chi connectivity index (χ2n) is 5.42. The minimum absolute atomic E-state index is 0.193. The Bertz CT molecular complexity index is 878. The molecule has 2 aromatic heterocycles. The van der Waals surface area contributed by atoms with E-state index >= 15 is 0 Å². The highest BCUT2D eigenvalue weighted by molar-refractivity contribution is 7.19. The molecule has 0 bridgehead atoms. The average Bonchev–Trinajstić information content (AvgIpc) is 3.04. The van der Waals surface area contributed by atoms with Crippen molar-refractivity contribution in [3.05, 3.63) is 46.6 Å². The smallest absolute Gasteiger partial charge is 0.350 e. The monoisotopic (exact) mass is 328 g/mol. The number of hydrogen-bond acceptors (Lipinski definition) is 5. The summed E-state index contributed by atoms with van der Waals surface area (Å²) in [6.45, 7) is 5.40. The van der Waals surface area contributed by atoms with Gasteiger partial charge in [0.15, 0.2) is 11.2 Å². The van der Waals surface area contributed by atoms with Crippen molar-refractivity contribution < 1.29 is 14.3 Å². The minimum atomic E-state index is -0.383. The molecule has 0 spiro atoms. The third-order valence-electron chi connectivity index (χ3n) is 3.43. The van der Waals surface area contributed by atoms with Crippen LogP contribution in [-0.4, -0.2) is 27.7 Å². The predicted octanol–water partition coefficient (Wildman–Crippen LogP) is 3.75. The number of aromatic nitrogens is 2. The number of carbonyl (C=O) groups excluding carboxylic acids is 2. The lowest BCUT2D eigenvalue weighted by Gasteiger charge is -2.06. The molecule has 1 aromatic carbocycles. The molecular formula is C17H16N2O3S. The maximum Gasteiger partial charge on any atom is 0.350 e. The van der Waals surface area contributed by atoms with Crippen LogP contribution in [0.4, 0.5) is 0 Å². The first-order valence-corrected chi connectivity index (χ1v) is 8.08. The largest absolute Gasteiger partial charge is 0.459 e. The van der Waals surface area contributed by atoms with Crippen LogP contribution in [0.2, 0.25) is 0 Å². The molecule has 0 unspecified atom stereocenters. The zero-order valence-corrected chi connectivity index (χ0v) is 13.9. The van der Waals surface area contributed by atoms with Crippen LogP contribution in [0.3, 0.4) is 0 Å². The summed E-state index contributed by atoms with van der Waals surface area (Å²) < 4.78 is 6.97. The molecule has 3 aromatic rings. The number of fused-ring (bicyclic) bond motifs is 1. The SMILES string of the molecule is Cc1c(C(=O)OC(C)C)sc2nc(-c3ccccc3)c(C=O)n12. The molecule has 0 amide bonds. The Kier molecular flexibility index (Phi) is 4.00. The Morgan fingerprint density at radius 3 is 2.61 bits per heavy atom. The van der Waals surface area contributed by atoms with E-state index in [1.807, 2.05) is 30.3 Å². The zero-order valence-electron chi connectivity index (χ0n) is 13.1. The molecule has 0 fully saturated rings. The fraction of sp³-hybridized carbons (Fsp3) is 0.235. The standard InChI is InChI=1S/C17H16N2O3S/c1-10(2)22-16(21)15-11(3)19-13(9-20)14(18-17(19)23-15)12-7-5-4-6-8-12/h4-10H,1-3H3. The molecule has 0 aliphatic carbocycles. The molecule has 0 aliphatic heterocycles. The zero-order chi connectivity index (χ0) is 16.6. The molecule has 0 saturated carbocycles. The molecule has 6 heteroatoms. The lowest BCUT2D eigenvalue weighted by molar-refractivity contribution is 0.0382. The van der Waals surface area contributed by atoms with Gasteiger partial charge in [-0.25, -0.2) is 9.78 Å². The summed E-state index contributed by atoms with van der Waals surface area (Å²) in [6.07, 6.45) is 0.585. The average molecular weight is 328 g/mol. The van der Waals surface area contributed by atoms with E-state index in [-0.39, 0.29) is 12.1 Å². The van der Waals surface area contributed by atoms with Crippen molar-refractivity contribution in [3.8, 4) is 11.3 Å². The molecule has 0 saturated heterocycles. The van der Waals surface area contributed by atoms with Crippen molar-refractivity contribution in [3.63, 3.8) is 0 Å². The molecule has 3 rings (SSSR count). The van der Waals surface area contributed by atoms with Crippen molar-refractivity contribution in [2.45, 2.75) is 26.9 Å². The molecule has 5 nitrogen and oxygen atoms in total. The molecule has 23 heavy (non-hydrogen) atoms. The molecule has 0 aliphatic rings. The first-order chi connectivity index (χ1) is 11.0. The minimum Gasteiger partial charge on any atom is -0.459 e. The maximum absolute atomic E-state index is 12.2. The van der Waals surface area contributed by atoms with Gasteiger partial charge in [-0.2, -0.15) is 0 Å². The Morgan fingerprint density at radius 2 is 2.00 bits per heavy atom. The van der Waals surface area contributed by atoms with Gasteiger partial charge in [0, 0.05) is 11.3 Å². The quantitative estimate of drug-likeness (QED) is 0.540. The van der Waals surface area contributed by atoms with Gasteiger partial charge < -0.3 is 4.74 Å². The predicted molar refractivity (Wildman–Crippen MR) is 89.2 cm³/mol. The van der Waals surface area contributed by atoms with Crippen LogP contribution in [0.25, 0.3) is 16.2 Å². The number of aldehydes is 1. The second kappa shape index (κ2) is 5.96. The number of benzene rings is 1. The third-order valence-corrected chi connectivity index (χ3v) is 4.55. The van der Waals surface area contributed by atoms with E-state index in [9.17, 15) is 9.59 Å². The van der Waals surface area contributed by atoms with Gasteiger partial charge in [-0.05, 0) is 20.8 Å². The number of carbonyl (C=O) groups is 2. The molecule has 2 heterocycles. The van der Waals surface area contributed by atoms with Crippen molar-refractivity contribution in [2.75, 3.05) is 0 Å². The topological polar surface area (TPSA) is 60.7 Å². The first kappa shape index (κ1) is 15.4. The summed E-state index contributed by atoms with van der Waals surface area (Å²) in [5, 5.41) is 0. The van der Waals surface area contributed by atoms with Gasteiger partial charge in [-0.15, -0.1) is 0 Å². The highest BCUT2D eigenvalue weighted by Gasteiger charge is 2.23. The maximum atomic E-state index is 12.2. The van der Waals surface area contributed by atoms with Gasteiger partial charge in [0.2, 0.25) is 0 Å². The Hall–Kier alpha value is -2.47. The summed E-state index contributed by atoms with van der Waals surface area (Å²) in [5.74, 6) is -0.383. The van der Waals surface area contributed by atoms with E-state index in [4.69, 9.17) is 4.74 Å². The van der Waals surface area contributed by atoms with E-state index in [0.29, 0.717) is 26.9 Å². The van der Waals surface area contributed by atoms with Crippen LogP contribution in [0.15, 0.2) is 30.3 Å². The molecule has 0 N–H and O–H groups in total. The fourth-order valence-electron chi connectivity index (χ4n) is 2.45. The van der Waals surface area contributed by atoms with Crippen molar-refractivity contribution in [1.82, 2.24) is 9.38 Å². The van der Waals surface area contributed by atoms with Crippen molar-refractivity contribution in [1.29, 1.82) is 0 Å². The number of thiazole rings is 1. The van der Waals surface area contributed by atoms with E-state index in [0.717, 1.165) is 11.8 Å². The highest BCUT2D eigenvalue weighted by atomic mass is 32.1. The number of imidazole rings is 1. The summed E-state index contributed by atoms with van der Waals surface area (Å²) >= 11 is 1.24. The number of nitrogens with zero attached hydrogens (tertiary/aromatic N) is 2. The number of hydrogen-bond donors (Lipinski definition) is 0. The second-order valence-corrected chi connectivity index (χ2v) is 6.40. The van der Waals surface area contributed by atoms with Crippen LogP contribution >= 0.6 is 11.3 Å². The normalized spacial score (nSPS) is 11.1. The van der Waals surface area contributed by atoms with Crippen LogP contribution < -0.4 is 0 Å². The number of ether oxygens (including phenoxy) is 1. The van der Waals surface area contributed by atoms with E-state index < -0.39 is 0 Å². The number of aryl methyl sites for hydroxylation is 1. The lowest BCUT2D eigenvalue weighted by atomic mass is 10.1. The molecule has 118 valence electrons. The summed E-state index contributed by atoms with van der Waals surface area (Å²) in [4.78, 5) is 29.4. The number of esters is 1. The van der Waals surface area contributed by atoms with Crippen LogP contribution in [0, 0.1) is 6.92 Å². The van der Waals surface area contributed by atoms with E-state index in [1.54, 1.807) is 25.2 Å². The van der Waals surface area contributed by atoms with Gasteiger partial charge in [-0.3, -0.25) is 9.20 Å². The Balaban J connectivity index is 2.15. The van der Waals surface area contributed by atoms with Gasteiger partial charge in [-0.1, -0.05) is 41.7 Å². The Labute approximate surface area is 137 Å². The van der Waals surface area contributed by atoms with Gasteiger partial charge >= 0.3 is 5.97 Å². The number of rotatable bonds is 4. The fourth-order valence-corrected chi connectivity index (χ4v) is 3.46.